The summed E-state index contributed by atoms with van der Waals surface area (Å²) < 4.78 is 0. The molecule has 0 radical (unpaired) electrons. The number of rotatable bonds is 4. The first-order valence-electron chi connectivity index (χ1n) is 6.82. The Labute approximate surface area is 112 Å². The zero-order chi connectivity index (χ0) is 14.2. The lowest BCUT2D eigenvalue weighted by Crippen LogP contribution is -2.56. The lowest BCUT2D eigenvalue weighted by Gasteiger charge is -2.36. The predicted molar refractivity (Wildman–Crippen MR) is 67.4 cm³/mol. The molecule has 106 valence electrons. The number of carbonyl (C=O) groups excluding carboxylic acids is 2. The zero-order valence-corrected chi connectivity index (χ0v) is 11.4. The third kappa shape index (κ3) is 1.94. The molecule has 2 saturated heterocycles. The van der Waals surface area contributed by atoms with Gasteiger partial charge >= 0.3 is 5.97 Å². The van der Waals surface area contributed by atoms with Crippen LogP contribution in [0.5, 0.6) is 0 Å². The molecule has 0 aromatic rings. The highest BCUT2D eigenvalue weighted by Gasteiger charge is 2.53. The maximum Gasteiger partial charge on any atom is 0.324 e. The van der Waals surface area contributed by atoms with Crippen molar-refractivity contribution in [1.82, 2.24) is 9.80 Å². The first kappa shape index (κ1) is 14.0. The molecule has 2 heterocycles. The van der Waals surface area contributed by atoms with Gasteiger partial charge in [-0.2, -0.15) is 0 Å². The Hall–Kier alpha value is -1.43. The summed E-state index contributed by atoms with van der Waals surface area (Å²) >= 11 is 0. The highest BCUT2D eigenvalue weighted by Crippen LogP contribution is 2.37. The Morgan fingerprint density at radius 3 is 2.58 bits per heavy atom. The third-order valence-electron chi connectivity index (χ3n) is 4.43. The second kappa shape index (κ2) is 4.92. The number of amides is 2. The number of carboxylic acid groups (broad SMARTS) is 1. The fourth-order valence-corrected chi connectivity index (χ4v) is 3.36. The molecule has 6 heteroatoms. The van der Waals surface area contributed by atoms with E-state index in [-0.39, 0.29) is 18.2 Å². The summed E-state index contributed by atoms with van der Waals surface area (Å²) in [4.78, 5) is 38.6. The molecule has 2 amide bonds. The molecule has 0 bridgehead atoms. The quantitative estimate of drug-likeness (QED) is 0.750. The molecule has 1 N–H and O–H groups in total. The van der Waals surface area contributed by atoms with Crippen LogP contribution in [0.4, 0.5) is 0 Å². The fourth-order valence-electron chi connectivity index (χ4n) is 3.36. The van der Waals surface area contributed by atoms with Crippen molar-refractivity contribution in [2.75, 3.05) is 13.1 Å². The monoisotopic (exact) mass is 268 g/mol. The van der Waals surface area contributed by atoms with Crippen LogP contribution in [0, 0.1) is 0 Å². The molecule has 2 aliphatic rings. The van der Waals surface area contributed by atoms with E-state index in [0.717, 1.165) is 6.42 Å². The van der Waals surface area contributed by atoms with Crippen LogP contribution < -0.4 is 0 Å². The van der Waals surface area contributed by atoms with Crippen molar-refractivity contribution in [3.8, 4) is 0 Å². The first-order valence-corrected chi connectivity index (χ1v) is 6.82. The Morgan fingerprint density at radius 2 is 2.11 bits per heavy atom. The van der Waals surface area contributed by atoms with Gasteiger partial charge in [-0.15, -0.1) is 0 Å². The maximum atomic E-state index is 12.2. The molecule has 2 unspecified atom stereocenters. The summed E-state index contributed by atoms with van der Waals surface area (Å²) in [6.45, 7) is 4.51. The molecular weight excluding hydrogens is 248 g/mol. The second-order valence-electron chi connectivity index (χ2n) is 5.18. The SMILES string of the molecule is CCN1C(=O)CC(N2CCCC2(CC)C(=O)O)C1=O. The Morgan fingerprint density at radius 1 is 1.42 bits per heavy atom. The molecule has 0 aromatic heterocycles. The van der Waals surface area contributed by atoms with Crippen LogP contribution in [0.3, 0.4) is 0 Å². The van der Waals surface area contributed by atoms with E-state index >= 15 is 0 Å². The molecule has 0 saturated carbocycles. The number of aliphatic carboxylic acids is 1. The summed E-state index contributed by atoms with van der Waals surface area (Å²) in [5.41, 5.74) is -0.982. The highest BCUT2D eigenvalue weighted by molar-refractivity contribution is 6.05. The van der Waals surface area contributed by atoms with E-state index in [2.05, 4.69) is 0 Å². The average molecular weight is 268 g/mol. The van der Waals surface area contributed by atoms with Crippen LogP contribution in [0.15, 0.2) is 0 Å². The van der Waals surface area contributed by atoms with Gasteiger partial charge in [-0.05, 0) is 26.2 Å². The van der Waals surface area contributed by atoms with Gasteiger partial charge in [0.25, 0.3) is 0 Å². The van der Waals surface area contributed by atoms with E-state index in [9.17, 15) is 19.5 Å². The number of hydrogen-bond acceptors (Lipinski definition) is 4. The summed E-state index contributed by atoms with van der Waals surface area (Å²) in [6, 6.07) is -0.592. The molecule has 6 nitrogen and oxygen atoms in total. The van der Waals surface area contributed by atoms with Gasteiger partial charge in [-0.25, -0.2) is 0 Å². The number of carbonyl (C=O) groups is 3. The van der Waals surface area contributed by atoms with Crippen LogP contribution in [0.25, 0.3) is 0 Å². The number of hydrogen-bond donors (Lipinski definition) is 1. The standard InChI is InChI=1S/C13H20N2O4/c1-3-13(12(18)19)6-5-7-15(13)9-8-10(16)14(4-2)11(9)17/h9H,3-8H2,1-2H3,(H,18,19). The van der Waals surface area contributed by atoms with Crippen LogP contribution >= 0.6 is 0 Å². The van der Waals surface area contributed by atoms with Crippen LogP contribution in [-0.4, -0.2) is 57.4 Å². The van der Waals surface area contributed by atoms with E-state index < -0.39 is 17.6 Å². The van der Waals surface area contributed by atoms with E-state index in [1.54, 1.807) is 11.8 Å². The summed E-state index contributed by atoms with van der Waals surface area (Å²) in [6.07, 6.45) is 1.86. The number of carboxylic acids is 1. The van der Waals surface area contributed by atoms with E-state index in [4.69, 9.17) is 0 Å². The van der Waals surface area contributed by atoms with Crippen molar-refractivity contribution >= 4 is 17.8 Å². The number of nitrogens with zero attached hydrogens (tertiary/aromatic N) is 2. The minimum Gasteiger partial charge on any atom is -0.480 e. The Kier molecular flexibility index (Phi) is 3.62. The van der Waals surface area contributed by atoms with Gasteiger partial charge in [0.2, 0.25) is 11.8 Å². The van der Waals surface area contributed by atoms with E-state index in [1.807, 2.05) is 6.92 Å². The largest absolute Gasteiger partial charge is 0.480 e. The molecule has 2 rings (SSSR count). The minimum atomic E-state index is -0.982. The van der Waals surface area contributed by atoms with Crippen LogP contribution in [-0.2, 0) is 14.4 Å². The topological polar surface area (TPSA) is 77.9 Å². The van der Waals surface area contributed by atoms with Crippen LogP contribution in [0.1, 0.15) is 39.5 Å². The lowest BCUT2D eigenvalue weighted by molar-refractivity contribution is -0.153. The summed E-state index contributed by atoms with van der Waals surface area (Å²) in [5, 5.41) is 9.52. The van der Waals surface area contributed by atoms with Crippen molar-refractivity contribution < 1.29 is 19.5 Å². The molecular formula is C13H20N2O4. The van der Waals surface area contributed by atoms with Crippen LogP contribution in [0.2, 0.25) is 0 Å². The first-order chi connectivity index (χ1) is 8.97. The lowest BCUT2D eigenvalue weighted by atomic mass is 9.91. The molecule has 0 spiro atoms. The van der Waals surface area contributed by atoms with Crippen molar-refractivity contribution in [2.45, 2.75) is 51.1 Å². The number of likely N-dealkylation sites (N-methyl/N-ethyl adjacent to an activating group) is 1. The summed E-state index contributed by atoms with van der Waals surface area (Å²) in [5.74, 6) is -1.32. The van der Waals surface area contributed by atoms with Gasteiger partial charge in [-0.3, -0.25) is 24.2 Å². The maximum absolute atomic E-state index is 12.2. The van der Waals surface area contributed by atoms with Crippen molar-refractivity contribution in [2.24, 2.45) is 0 Å². The average Bonchev–Trinajstić information content (AvgIpc) is 2.91. The normalized spacial score (nSPS) is 32.3. The van der Waals surface area contributed by atoms with Crippen molar-refractivity contribution in [3.05, 3.63) is 0 Å². The third-order valence-corrected chi connectivity index (χ3v) is 4.43. The predicted octanol–water partition coefficient (Wildman–Crippen LogP) is 0.463. The minimum absolute atomic E-state index is 0.113. The fraction of sp³-hybridized carbons (Fsp3) is 0.769. The van der Waals surface area contributed by atoms with Gasteiger partial charge in [0.1, 0.15) is 5.54 Å². The molecule has 2 atom stereocenters. The van der Waals surface area contributed by atoms with Gasteiger partial charge < -0.3 is 5.11 Å². The highest BCUT2D eigenvalue weighted by atomic mass is 16.4. The summed E-state index contributed by atoms with van der Waals surface area (Å²) in [7, 11) is 0. The molecule has 2 aliphatic heterocycles. The van der Waals surface area contributed by atoms with Gasteiger partial charge in [0.15, 0.2) is 0 Å². The number of likely N-dealkylation sites (tertiary alicyclic amines) is 2. The van der Waals surface area contributed by atoms with Crippen molar-refractivity contribution in [3.63, 3.8) is 0 Å². The number of imide groups is 1. The van der Waals surface area contributed by atoms with E-state index in [0.29, 0.717) is 25.9 Å². The smallest absolute Gasteiger partial charge is 0.324 e. The zero-order valence-electron chi connectivity index (χ0n) is 11.4. The molecule has 2 fully saturated rings. The Balaban J connectivity index is 2.29. The molecule has 19 heavy (non-hydrogen) atoms. The van der Waals surface area contributed by atoms with Gasteiger partial charge in [-0.1, -0.05) is 6.92 Å². The Bertz CT molecular complexity index is 423. The van der Waals surface area contributed by atoms with Crippen molar-refractivity contribution in [1.29, 1.82) is 0 Å². The van der Waals surface area contributed by atoms with Gasteiger partial charge in [0.05, 0.1) is 12.5 Å². The van der Waals surface area contributed by atoms with E-state index in [1.165, 1.54) is 4.90 Å². The van der Waals surface area contributed by atoms with Gasteiger partial charge in [0, 0.05) is 13.1 Å². The molecule has 0 aromatic carbocycles. The molecule has 0 aliphatic carbocycles. The second-order valence-corrected chi connectivity index (χ2v) is 5.18.